The molecule has 0 aliphatic rings. The van der Waals surface area contributed by atoms with Crippen LogP contribution in [0.5, 0.6) is 0 Å². The Kier molecular flexibility index (Phi) is 2.95. The Morgan fingerprint density at radius 2 is 1.71 bits per heavy atom. The van der Waals surface area contributed by atoms with Gasteiger partial charge in [0.05, 0.1) is 0 Å². The smallest absolute Gasteiger partial charge is 0.193 e. The Morgan fingerprint density at radius 1 is 1.06 bits per heavy atom. The fourth-order valence-corrected chi connectivity index (χ4v) is 1.54. The highest BCUT2D eigenvalue weighted by atomic mass is 19.1. The van der Waals surface area contributed by atoms with Crippen molar-refractivity contribution < 1.29 is 13.6 Å². The molecule has 0 fully saturated rings. The third-order valence-electron chi connectivity index (χ3n) is 2.28. The average Bonchev–Trinajstić information content (AvgIpc) is 2.26. The minimum Gasteiger partial charge on any atom is -0.289 e. The van der Waals surface area contributed by atoms with Gasteiger partial charge in [-0.2, -0.15) is 0 Å². The quantitative estimate of drug-likeness (QED) is 0.746. The third-order valence-corrected chi connectivity index (χ3v) is 2.28. The van der Waals surface area contributed by atoms with Gasteiger partial charge in [-0.25, -0.2) is 8.78 Å². The van der Waals surface area contributed by atoms with Crippen molar-refractivity contribution in [2.45, 2.75) is 6.92 Å². The number of halogens is 2. The molecule has 0 saturated heterocycles. The molecule has 2 nitrogen and oxygen atoms in total. The highest BCUT2D eigenvalue weighted by Gasteiger charge is 2.11. The van der Waals surface area contributed by atoms with Gasteiger partial charge < -0.3 is 0 Å². The molecule has 4 heteroatoms. The highest BCUT2D eigenvalue weighted by molar-refractivity contribution is 6.08. The van der Waals surface area contributed by atoms with E-state index in [9.17, 15) is 13.6 Å². The van der Waals surface area contributed by atoms with Crippen molar-refractivity contribution in [3.63, 3.8) is 0 Å². The van der Waals surface area contributed by atoms with Crippen LogP contribution < -0.4 is 0 Å². The van der Waals surface area contributed by atoms with Gasteiger partial charge in [-0.15, -0.1) is 0 Å². The Labute approximate surface area is 96.9 Å². The summed E-state index contributed by atoms with van der Waals surface area (Å²) in [7, 11) is 0. The van der Waals surface area contributed by atoms with Crippen LogP contribution in [0.3, 0.4) is 0 Å². The summed E-state index contributed by atoms with van der Waals surface area (Å²) < 4.78 is 26.0. The second kappa shape index (κ2) is 4.41. The fourth-order valence-electron chi connectivity index (χ4n) is 1.54. The van der Waals surface area contributed by atoms with E-state index in [1.807, 2.05) is 0 Å². The topological polar surface area (TPSA) is 30.0 Å². The summed E-state index contributed by atoms with van der Waals surface area (Å²) in [6.45, 7) is 1.74. The maximum absolute atomic E-state index is 13.0. The van der Waals surface area contributed by atoms with Crippen LogP contribution in [-0.2, 0) is 0 Å². The fraction of sp³-hybridized carbons (Fsp3) is 0.0769. The first-order valence-corrected chi connectivity index (χ1v) is 5.00. The molecule has 0 saturated carbocycles. The zero-order valence-electron chi connectivity index (χ0n) is 9.08. The normalized spacial score (nSPS) is 10.3. The van der Waals surface area contributed by atoms with E-state index in [1.54, 1.807) is 13.0 Å². The highest BCUT2D eigenvalue weighted by Crippen LogP contribution is 2.13. The van der Waals surface area contributed by atoms with Crippen LogP contribution in [0.25, 0.3) is 0 Å². The van der Waals surface area contributed by atoms with Crippen LogP contribution >= 0.6 is 0 Å². The number of aromatic nitrogens is 1. The van der Waals surface area contributed by atoms with Crippen LogP contribution in [0, 0.1) is 18.6 Å². The van der Waals surface area contributed by atoms with E-state index in [4.69, 9.17) is 0 Å². The van der Waals surface area contributed by atoms with Gasteiger partial charge in [-0.05, 0) is 31.2 Å². The van der Waals surface area contributed by atoms with Crippen LogP contribution in [0.1, 0.15) is 21.6 Å². The molecule has 0 N–H and O–H groups in total. The van der Waals surface area contributed by atoms with Gasteiger partial charge in [-0.3, -0.25) is 9.78 Å². The van der Waals surface area contributed by atoms with E-state index in [0.29, 0.717) is 11.3 Å². The summed E-state index contributed by atoms with van der Waals surface area (Å²) in [5, 5.41) is 0. The molecule has 17 heavy (non-hydrogen) atoms. The number of carbonyl (C=O) groups excluding carboxylic acids is 1. The lowest BCUT2D eigenvalue weighted by atomic mass is 10.0. The summed E-state index contributed by atoms with van der Waals surface area (Å²) in [5.74, 6) is -1.95. The molecule has 0 spiro atoms. The van der Waals surface area contributed by atoms with E-state index in [0.717, 1.165) is 18.2 Å². The van der Waals surface area contributed by atoms with Crippen LogP contribution in [-0.4, -0.2) is 10.8 Å². The van der Waals surface area contributed by atoms with Gasteiger partial charge in [0.2, 0.25) is 0 Å². The second-order valence-corrected chi connectivity index (χ2v) is 3.67. The molecule has 0 atom stereocenters. The van der Waals surface area contributed by atoms with Crippen LogP contribution in [0.4, 0.5) is 8.78 Å². The molecule has 2 rings (SSSR count). The first-order valence-electron chi connectivity index (χ1n) is 5.00. The van der Waals surface area contributed by atoms with Crippen LogP contribution in [0.2, 0.25) is 0 Å². The number of hydrogen-bond acceptors (Lipinski definition) is 2. The maximum Gasteiger partial charge on any atom is 0.193 e. The lowest BCUT2D eigenvalue weighted by Crippen LogP contribution is -2.03. The third kappa shape index (κ3) is 2.53. The monoisotopic (exact) mass is 233 g/mol. The van der Waals surface area contributed by atoms with Gasteiger partial charge in [-0.1, -0.05) is 0 Å². The number of nitrogens with zero attached hydrogens (tertiary/aromatic N) is 1. The van der Waals surface area contributed by atoms with Gasteiger partial charge in [0.15, 0.2) is 5.78 Å². The molecule has 0 aliphatic carbocycles. The summed E-state index contributed by atoms with van der Waals surface area (Å²) >= 11 is 0. The van der Waals surface area contributed by atoms with Crippen molar-refractivity contribution in [2.75, 3.05) is 0 Å². The molecule has 0 aliphatic heterocycles. The molecule has 2 aromatic rings. The number of carbonyl (C=O) groups is 1. The van der Waals surface area contributed by atoms with Crippen molar-refractivity contribution in [2.24, 2.45) is 0 Å². The number of hydrogen-bond donors (Lipinski definition) is 0. The average molecular weight is 233 g/mol. The predicted molar refractivity (Wildman–Crippen MR) is 58.8 cm³/mol. The summed E-state index contributed by atoms with van der Waals surface area (Å²) in [5.41, 5.74) is 1.03. The second-order valence-electron chi connectivity index (χ2n) is 3.67. The Morgan fingerprint density at radius 3 is 2.29 bits per heavy atom. The molecule has 1 aromatic heterocycles. The first kappa shape index (κ1) is 11.4. The van der Waals surface area contributed by atoms with E-state index >= 15 is 0 Å². The predicted octanol–water partition coefficient (Wildman–Crippen LogP) is 2.90. The SMILES string of the molecule is Cc1cc(C(=O)c2cc(F)cc(F)c2)ccn1. The van der Waals surface area contributed by atoms with Gasteiger partial charge in [0.1, 0.15) is 11.6 Å². The number of benzene rings is 1. The zero-order chi connectivity index (χ0) is 12.4. The maximum atomic E-state index is 13.0. The van der Waals surface area contributed by atoms with E-state index in [2.05, 4.69) is 4.98 Å². The Bertz CT molecular complexity index is 561. The van der Waals surface area contributed by atoms with E-state index < -0.39 is 17.4 Å². The zero-order valence-corrected chi connectivity index (χ0v) is 9.08. The van der Waals surface area contributed by atoms with Gasteiger partial charge >= 0.3 is 0 Å². The lowest BCUT2D eigenvalue weighted by molar-refractivity contribution is 0.103. The minimum atomic E-state index is -0.765. The van der Waals surface area contributed by atoms with Crippen LogP contribution in [0.15, 0.2) is 36.5 Å². The molecule has 0 amide bonds. The molecule has 1 aromatic carbocycles. The number of aryl methyl sites for hydroxylation is 1. The van der Waals surface area contributed by atoms with Crippen molar-refractivity contribution in [3.8, 4) is 0 Å². The Hall–Kier alpha value is -2.10. The number of pyridine rings is 1. The lowest BCUT2D eigenvalue weighted by Gasteiger charge is -2.02. The van der Waals surface area contributed by atoms with E-state index in [-0.39, 0.29) is 5.56 Å². The molecular formula is C13H9F2NO. The van der Waals surface area contributed by atoms with Crippen molar-refractivity contribution in [3.05, 3.63) is 65.0 Å². The molecule has 0 unspecified atom stereocenters. The standard InChI is InChI=1S/C13H9F2NO/c1-8-4-9(2-3-16-8)13(17)10-5-11(14)7-12(15)6-10/h2-7H,1H3. The first-order chi connectivity index (χ1) is 8.06. The number of rotatable bonds is 2. The van der Waals surface area contributed by atoms with Gasteiger partial charge in [0, 0.05) is 29.1 Å². The van der Waals surface area contributed by atoms with Crippen molar-refractivity contribution in [1.82, 2.24) is 4.98 Å². The molecule has 0 radical (unpaired) electrons. The van der Waals surface area contributed by atoms with Crippen molar-refractivity contribution >= 4 is 5.78 Å². The Balaban J connectivity index is 2.43. The van der Waals surface area contributed by atoms with E-state index in [1.165, 1.54) is 12.3 Å². The summed E-state index contributed by atoms with van der Waals surface area (Å²) in [6.07, 6.45) is 1.48. The largest absolute Gasteiger partial charge is 0.289 e. The summed E-state index contributed by atoms with van der Waals surface area (Å²) in [6, 6.07) is 5.85. The summed E-state index contributed by atoms with van der Waals surface area (Å²) in [4.78, 5) is 15.9. The molecule has 86 valence electrons. The number of ketones is 1. The van der Waals surface area contributed by atoms with Crippen molar-refractivity contribution in [1.29, 1.82) is 0 Å². The molecule has 1 heterocycles. The molecule has 0 bridgehead atoms. The van der Waals surface area contributed by atoms with Gasteiger partial charge in [0.25, 0.3) is 0 Å². The minimum absolute atomic E-state index is 0.00639. The molecular weight excluding hydrogens is 224 g/mol.